The highest BCUT2D eigenvalue weighted by molar-refractivity contribution is 5.84. The molecule has 1 unspecified atom stereocenters. The van der Waals surface area contributed by atoms with Gasteiger partial charge in [-0.3, -0.25) is 4.79 Å². The van der Waals surface area contributed by atoms with E-state index < -0.39 is 0 Å². The zero-order valence-corrected chi connectivity index (χ0v) is 10.1. The van der Waals surface area contributed by atoms with Crippen LogP contribution >= 0.6 is 0 Å². The maximum Gasteiger partial charge on any atom is 0.229 e. The quantitative estimate of drug-likeness (QED) is 0.774. The van der Waals surface area contributed by atoms with Crippen molar-refractivity contribution in [1.82, 2.24) is 10.6 Å². The summed E-state index contributed by atoms with van der Waals surface area (Å²) in [6.45, 7) is 7.80. The molecule has 0 fully saturated rings. The Kier molecular flexibility index (Phi) is 3.59. The van der Waals surface area contributed by atoms with Gasteiger partial charge in [0.25, 0.3) is 0 Å². The van der Waals surface area contributed by atoms with Gasteiger partial charge in [-0.05, 0) is 18.1 Å². The van der Waals surface area contributed by atoms with Crippen molar-refractivity contribution in [3.63, 3.8) is 0 Å². The third-order valence-electron chi connectivity index (χ3n) is 2.98. The fourth-order valence-electron chi connectivity index (χ4n) is 2.09. The van der Waals surface area contributed by atoms with Gasteiger partial charge in [0, 0.05) is 19.6 Å². The van der Waals surface area contributed by atoms with Crippen molar-refractivity contribution in [1.29, 1.82) is 0 Å². The maximum atomic E-state index is 12.1. The summed E-state index contributed by atoms with van der Waals surface area (Å²) in [7, 11) is 0. The highest BCUT2D eigenvalue weighted by Crippen LogP contribution is 2.23. The third-order valence-corrected chi connectivity index (χ3v) is 2.98. The monoisotopic (exact) mass is 230 g/mol. The first-order chi connectivity index (χ1) is 8.18. The molecule has 0 aromatic heterocycles. The molecule has 0 spiro atoms. The first kappa shape index (κ1) is 11.9. The zero-order chi connectivity index (χ0) is 12.3. The van der Waals surface area contributed by atoms with Crippen LogP contribution in [0.5, 0.6) is 0 Å². The zero-order valence-electron chi connectivity index (χ0n) is 10.1. The van der Waals surface area contributed by atoms with Crippen molar-refractivity contribution in [3.05, 3.63) is 47.5 Å². The molecule has 3 nitrogen and oxygen atoms in total. The summed E-state index contributed by atoms with van der Waals surface area (Å²) in [4.78, 5) is 12.1. The van der Waals surface area contributed by atoms with Gasteiger partial charge in [0.05, 0.1) is 5.92 Å². The standard InChI is InChI=1S/C14H18N2O/c1-10(2)7-16-14(17)13-9-15-8-11-5-3-4-6-12(11)13/h3-6,13,15H,1,7-9H2,2H3,(H,16,17). The largest absolute Gasteiger partial charge is 0.352 e. The average Bonchev–Trinajstić information content (AvgIpc) is 2.35. The van der Waals surface area contributed by atoms with Crippen LogP contribution in [-0.4, -0.2) is 19.0 Å². The van der Waals surface area contributed by atoms with E-state index >= 15 is 0 Å². The van der Waals surface area contributed by atoms with E-state index in [0.29, 0.717) is 13.1 Å². The molecule has 0 saturated heterocycles. The molecular weight excluding hydrogens is 212 g/mol. The van der Waals surface area contributed by atoms with Crippen molar-refractivity contribution in [2.24, 2.45) is 0 Å². The normalized spacial score (nSPS) is 18.3. The Morgan fingerprint density at radius 3 is 3.06 bits per heavy atom. The van der Waals surface area contributed by atoms with Crippen molar-refractivity contribution in [2.75, 3.05) is 13.1 Å². The topological polar surface area (TPSA) is 41.1 Å². The minimum absolute atomic E-state index is 0.0765. The van der Waals surface area contributed by atoms with Gasteiger partial charge in [0.15, 0.2) is 0 Å². The Labute approximate surface area is 102 Å². The lowest BCUT2D eigenvalue weighted by molar-refractivity contribution is -0.122. The molecule has 2 N–H and O–H groups in total. The number of fused-ring (bicyclic) bond motifs is 1. The van der Waals surface area contributed by atoms with Crippen molar-refractivity contribution < 1.29 is 4.79 Å². The molecule has 1 atom stereocenters. The van der Waals surface area contributed by atoms with E-state index in [9.17, 15) is 4.79 Å². The van der Waals surface area contributed by atoms with E-state index in [2.05, 4.69) is 23.3 Å². The molecule has 17 heavy (non-hydrogen) atoms. The van der Waals surface area contributed by atoms with Crippen LogP contribution in [0.15, 0.2) is 36.4 Å². The first-order valence-electron chi connectivity index (χ1n) is 5.89. The molecule has 2 rings (SSSR count). The summed E-state index contributed by atoms with van der Waals surface area (Å²) >= 11 is 0. The number of hydrogen-bond acceptors (Lipinski definition) is 2. The summed E-state index contributed by atoms with van der Waals surface area (Å²) < 4.78 is 0. The molecule has 0 radical (unpaired) electrons. The highest BCUT2D eigenvalue weighted by Gasteiger charge is 2.25. The van der Waals surface area contributed by atoms with Crippen LogP contribution in [0, 0.1) is 0 Å². The highest BCUT2D eigenvalue weighted by atomic mass is 16.1. The molecular formula is C14H18N2O. The van der Waals surface area contributed by atoms with E-state index in [0.717, 1.165) is 17.7 Å². The second kappa shape index (κ2) is 5.15. The van der Waals surface area contributed by atoms with E-state index in [1.807, 2.05) is 25.1 Å². The van der Waals surface area contributed by atoms with Gasteiger partial charge >= 0.3 is 0 Å². The second-order valence-electron chi connectivity index (χ2n) is 4.56. The number of rotatable bonds is 3. The Morgan fingerprint density at radius 2 is 2.29 bits per heavy atom. The minimum Gasteiger partial charge on any atom is -0.352 e. The summed E-state index contributed by atoms with van der Waals surface area (Å²) in [6, 6.07) is 8.11. The Balaban J connectivity index is 2.12. The lowest BCUT2D eigenvalue weighted by atomic mass is 9.90. The van der Waals surface area contributed by atoms with Crippen molar-refractivity contribution in [3.8, 4) is 0 Å². The molecule has 1 amide bonds. The number of carbonyl (C=O) groups excluding carboxylic acids is 1. The van der Waals surface area contributed by atoms with Gasteiger partial charge in [-0.15, -0.1) is 0 Å². The fourth-order valence-corrected chi connectivity index (χ4v) is 2.09. The van der Waals surface area contributed by atoms with Gasteiger partial charge < -0.3 is 10.6 Å². The van der Waals surface area contributed by atoms with E-state index in [-0.39, 0.29) is 11.8 Å². The third kappa shape index (κ3) is 2.74. The number of benzene rings is 1. The van der Waals surface area contributed by atoms with Crippen LogP contribution in [0.3, 0.4) is 0 Å². The van der Waals surface area contributed by atoms with Gasteiger partial charge in [-0.2, -0.15) is 0 Å². The SMILES string of the molecule is C=C(C)CNC(=O)C1CNCc2ccccc21. The molecule has 1 aliphatic heterocycles. The van der Waals surface area contributed by atoms with Gasteiger partial charge in [0.1, 0.15) is 0 Å². The van der Waals surface area contributed by atoms with E-state index in [4.69, 9.17) is 0 Å². The first-order valence-corrected chi connectivity index (χ1v) is 5.89. The molecule has 0 saturated carbocycles. The maximum absolute atomic E-state index is 12.1. The molecule has 3 heteroatoms. The Morgan fingerprint density at radius 1 is 1.53 bits per heavy atom. The summed E-state index contributed by atoms with van der Waals surface area (Å²) in [6.07, 6.45) is 0. The smallest absolute Gasteiger partial charge is 0.229 e. The van der Waals surface area contributed by atoms with Crippen LogP contribution in [0.2, 0.25) is 0 Å². The van der Waals surface area contributed by atoms with Crippen LogP contribution in [0.4, 0.5) is 0 Å². The molecule has 90 valence electrons. The lowest BCUT2D eigenvalue weighted by Crippen LogP contribution is -2.39. The lowest BCUT2D eigenvalue weighted by Gasteiger charge is -2.25. The minimum atomic E-state index is -0.0840. The molecule has 1 aromatic rings. The van der Waals surface area contributed by atoms with Gasteiger partial charge in [0.2, 0.25) is 5.91 Å². The van der Waals surface area contributed by atoms with Crippen LogP contribution in [0.1, 0.15) is 24.0 Å². The average molecular weight is 230 g/mol. The Bertz CT molecular complexity index is 440. The number of amides is 1. The summed E-state index contributed by atoms with van der Waals surface area (Å²) in [5.74, 6) is -0.00745. The van der Waals surface area contributed by atoms with Crippen LogP contribution < -0.4 is 10.6 Å². The van der Waals surface area contributed by atoms with Crippen molar-refractivity contribution >= 4 is 5.91 Å². The van der Waals surface area contributed by atoms with Gasteiger partial charge in [-0.25, -0.2) is 0 Å². The van der Waals surface area contributed by atoms with Gasteiger partial charge in [-0.1, -0.05) is 36.4 Å². The molecule has 1 aromatic carbocycles. The number of nitrogens with one attached hydrogen (secondary N) is 2. The summed E-state index contributed by atoms with van der Waals surface area (Å²) in [5.41, 5.74) is 3.33. The molecule has 0 aliphatic carbocycles. The predicted octanol–water partition coefficient (Wildman–Crippen LogP) is 1.57. The van der Waals surface area contributed by atoms with Crippen LogP contribution in [-0.2, 0) is 11.3 Å². The summed E-state index contributed by atoms with van der Waals surface area (Å²) in [5, 5.41) is 6.19. The number of hydrogen-bond donors (Lipinski definition) is 2. The van der Waals surface area contributed by atoms with Crippen LogP contribution in [0.25, 0.3) is 0 Å². The predicted molar refractivity (Wildman–Crippen MR) is 68.7 cm³/mol. The van der Waals surface area contributed by atoms with Crippen molar-refractivity contribution in [2.45, 2.75) is 19.4 Å². The Hall–Kier alpha value is -1.61. The number of carbonyl (C=O) groups is 1. The second-order valence-corrected chi connectivity index (χ2v) is 4.56. The molecule has 0 bridgehead atoms. The van der Waals surface area contributed by atoms with E-state index in [1.165, 1.54) is 5.56 Å². The van der Waals surface area contributed by atoms with E-state index in [1.54, 1.807) is 0 Å². The molecule has 1 aliphatic rings. The fraction of sp³-hybridized carbons (Fsp3) is 0.357. The molecule has 1 heterocycles.